The summed E-state index contributed by atoms with van der Waals surface area (Å²) in [5.41, 5.74) is 1.89. The smallest absolute Gasteiger partial charge is 0.241 e. The summed E-state index contributed by atoms with van der Waals surface area (Å²) in [4.78, 5) is 0.0670. The van der Waals surface area contributed by atoms with Gasteiger partial charge in [-0.25, -0.2) is 17.8 Å². The summed E-state index contributed by atoms with van der Waals surface area (Å²) >= 11 is 9.28. The van der Waals surface area contributed by atoms with Crippen molar-refractivity contribution in [1.82, 2.24) is 14.5 Å². The van der Waals surface area contributed by atoms with Crippen LogP contribution in [0.25, 0.3) is 5.69 Å². The Balaban J connectivity index is 1.64. The van der Waals surface area contributed by atoms with E-state index in [0.717, 1.165) is 15.7 Å². The number of hydrogen-bond acceptors (Lipinski definition) is 3. The van der Waals surface area contributed by atoms with Crippen LogP contribution < -0.4 is 4.72 Å². The summed E-state index contributed by atoms with van der Waals surface area (Å²) < 4.78 is 29.8. The lowest BCUT2D eigenvalue weighted by Crippen LogP contribution is -2.26. The molecule has 0 aliphatic heterocycles. The Labute approximate surface area is 159 Å². The van der Waals surface area contributed by atoms with Crippen LogP contribution in [0.2, 0.25) is 5.02 Å². The highest BCUT2D eigenvalue weighted by Gasteiger charge is 2.17. The number of hydrogen-bond donors (Lipinski definition) is 1. The molecule has 0 spiro atoms. The molecule has 1 N–H and O–H groups in total. The van der Waals surface area contributed by atoms with Crippen molar-refractivity contribution in [3.05, 3.63) is 76.0 Å². The predicted octanol–water partition coefficient (Wildman–Crippen LogP) is 3.81. The minimum atomic E-state index is -3.65. The molecule has 1 heterocycles. The summed E-state index contributed by atoms with van der Waals surface area (Å²) in [6.45, 7) is 0.259. The number of nitrogens with one attached hydrogen (secondary N) is 1. The molecule has 0 saturated carbocycles. The van der Waals surface area contributed by atoms with Crippen LogP contribution in [0.1, 0.15) is 5.56 Å². The molecule has 2 aromatic carbocycles. The van der Waals surface area contributed by atoms with Crippen LogP contribution in [-0.2, 0) is 16.4 Å². The van der Waals surface area contributed by atoms with Crippen molar-refractivity contribution in [1.29, 1.82) is 0 Å². The Morgan fingerprint density at radius 3 is 2.64 bits per heavy atom. The van der Waals surface area contributed by atoms with E-state index in [0.29, 0.717) is 6.42 Å². The Morgan fingerprint density at radius 2 is 1.92 bits per heavy atom. The maximum atomic E-state index is 12.3. The van der Waals surface area contributed by atoms with E-state index < -0.39 is 10.0 Å². The molecule has 5 nitrogen and oxygen atoms in total. The second kappa shape index (κ2) is 7.70. The third-order valence-electron chi connectivity index (χ3n) is 3.55. The van der Waals surface area contributed by atoms with Crippen molar-refractivity contribution in [2.24, 2.45) is 0 Å². The molecule has 1 aromatic heterocycles. The molecular weight excluding hydrogens is 426 g/mol. The van der Waals surface area contributed by atoms with Crippen molar-refractivity contribution >= 4 is 37.6 Å². The zero-order chi connectivity index (χ0) is 17.9. The van der Waals surface area contributed by atoms with E-state index in [9.17, 15) is 8.42 Å². The Morgan fingerprint density at radius 1 is 1.16 bits per heavy atom. The first-order chi connectivity index (χ1) is 12.0. The van der Waals surface area contributed by atoms with Gasteiger partial charge < -0.3 is 0 Å². The van der Waals surface area contributed by atoms with Gasteiger partial charge in [-0.15, -0.1) is 0 Å². The number of aromatic nitrogens is 2. The van der Waals surface area contributed by atoms with Gasteiger partial charge >= 0.3 is 0 Å². The Bertz CT molecular complexity index is 975. The second-order valence-corrected chi connectivity index (χ2v) is 8.41. The van der Waals surface area contributed by atoms with Crippen LogP contribution in [0.15, 0.2) is 70.3 Å². The zero-order valence-corrected chi connectivity index (χ0v) is 16.2. The molecule has 0 amide bonds. The average molecular weight is 441 g/mol. The van der Waals surface area contributed by atoms with Crippen molar-refractivity contribution in [2.75, 3.05) is 6.54 Å². The van der Waals surface area contributed by atoms with Gasteiger partial charge in [-0.05, 0) is 42.3 Å². The summed E-state index contributed by atoms with van der Waals surface area (Å²) in [5, 5.41) is 4.48. The zero-order valence-electron chi connectivity index (χ0n) is 13.1. The van der Waals surface area contributed by atoms with Gasteiger partial charge in [0.1, 0.15) is 4.90 Å². The highest BCUT2D eigenvalue weighted by Crippen LogP contribution is 2.25. The minimum Gasteiger partial charge on any atom is -0.241 e. The van der Waals surface area contributed by atoms with Crippen LogP contribution >= 0.6 is 27.5 Å². The van der Waals surface area contributed by atoms with Crippen molar-refractivity contribution < 1.29 is 8.42 Å². The molecule has 0 saturated heterocycles. The number of sulfonamides is 1. The van der Waals surface area contributed by atoms with Crippen LogP contribution in [0.5, 0.6) is 0 Å². The summed E-state index contributed by atoms with van der Waals surface area (Å²) in [6, 6.07) is 14.4. The lowest BCUT2D eigenvalue weighted by Gasteiger charge is -2.08. The summed E-state index contributed by atoms with van der Waals surface area (Å²) in [7, 11) is -3.65. The van der Waals surface area contributed by atoms with E-state index in [1.165, 1.54) is 6.07 Å². The molecule has 130 valence electrons. The third-order valence-corrected chi connectivity index (χ3v) is 5.98. The molecule has 0 aliphatic carbocycles. The molecule has 8 heteroatoms. The van der Waals surface area contributed by atoms with E-state index in [-0.39, 0.29) is 16.5 Å². The van der Waals surface area contributed by atoms with Gasteiger partial charge in [-0.3, -0.25) is 0 Å². The standard InChI is InChI=1S/C17H15BrClN3O2S/c18-14-6-7-17(16(19)10-14)25(23,24)21-9-8-13-11-20-22(12-13)15-4-2-1-3-5-15/h1-7,10-12,21H,8-9H2. The monoisotopic (exact) mass is 439 g/mol. The van der Waals surface area contributed by atoms with E-state index >= 15 is 0 Å². The minimum absolute atomic E-state index is 0.0670. The molecule has 0 unspecified atom stereocenters. The fourth-order valence-corrected chi connectivity index (χ4v) is 4.38. The summed E-state index contributed by atoms with van der Waals surface area (Å²) in [6.07, 6.45) is 4.14. The fraction of sp³-hybridized carbons (Fsp3) is 0.118. The van der Waals surface area contributed by atoms with Gasteiger partial charge in [0.2, 0.25) is 10.0 Å². The molecule has 0 fully saturated rings. The highest BCUT2D eigenvalue weighted by atomic mass is 79.9. The molecule has 0 aliphatic rings. The second-order valence-electron chi connectivity index (χ2n) is 5.35. The molecular formula is C17H15BrClN3O2S. The molecule has 3 rings (SSSR count). The Kier molecular flexibility index (Phi) is 5.58. The van der Waals surface area contributed by atoms with Crippen molar-refractivity contribution in [3.63, 3.8) is 0 Å². The largest absolute Gasteiger partial charge is 0.242 e. The lowest BCUT2D eigenvalue weighted by atomic mass is 10.2. The molecule has 3 aromatic rings. The van der Waals surface area contributed by atoms with Gasteiger partial charge in [-0.1, -0.05) is 45.7 Å². The quantitative estimate of drug-likeness (QED) is 0.634. The van der Waals surface area contributed by atoms with E-state index in [4.69, 9.17) is 11.6 Å². The summed E-state index contributed by atoms with van der Waals surface area (Å²) in [5.74, 6) is 0. The number of para-hydroxylation sites is 1. The van der Waals surface area contributed by atoms with Crippen LogP contribution in [0.3, 0.4) is 0 Å². The fourth-order valence-electron chi connectivity index (χ4n) is 2.31. The molecule has 0 radical (unpaired) electrons. The van der Waals surface area contributed by atoms with Gasteiger partial charge in [-0.2, -0.15) is 5.10 Å². The molecule has 0 atom stereocenters. The lowest BCUT2D eigenvalue weighted by molar-refractivity contribution is 0.581. The molecule has 25 heavy (non-hydrogen) atoms. The maximum Gasteiger partial charge on any atom is 0.242 e. The number of rotatable bonds is 6. The number of nitrogens with zero attached hydrogens (tertiary/aromatic N) is 2. The first-order valence-electron chi connectivity index (χ1n) is 7.49. The third kappa shape index (κ3) is 4.49. The SMILES string of the molecule is O=S(=O)(NCCc1cnn(-c2ccccc2)c1)c1ccc(Br)cc1Cl. The van der Waals surface area contributed by atoms with E-state index in [1.807, 2.05) is 36.5 Å². The molecule has 0 bridgehead atoms. The predicted molar refractivity (Wildman–Crippen MR) is 102 cm³/mol. The van der Waals surface area contributed by atoms with Gasteiger partial charge in [0.15, 0.2) is 0 Å². The number of benzene rings is 2. The van der Waals surface area contributed by atoms with Crippen molar-refractivity contribution in [2.45, 2.75) is 11.3 Å². The maximum absolute atomic E-state index is 12.3. The topological polar surface area (TPSA) is 64.0 Å². The van der Waals surface area contributed by atoms with E-state index in [1.54, 1.807) is 23.0 Å². The van der Waals surface area contributed by atoms with Crippen LogP contribution in [0.4, 0.5) is 0 Å². The van der Waals surface area contributed by atoms with Gasteiger partial charge in [0, 0.05) is 17.2 Å². The Hall–Kier alpha value is -1.67. The van der Waals surface area contributed by atoms with Crippen LogP contribution in [0, 0.1) is 0 Å². The highest BCUT2D eigenvalue weighted by molar-refractivity contribution is 9.10. The number of halogens is 2. The van der Waals surface area contributed by atoms with Gasteiger partial charge in [0.05, 0.1) is 16.9 Å². The van der Waals surface area contributed by atoms with Gasteiger partial charge in [0.25, 0.3) is 0 Å². The first kappa shape index (κ1) is 18.1. The van der Waals surface area contributed by atoms with E-state index in [2.05, 4.69) is 25.8 Å². The first-order valence-corrected chi connectivity index (χ1v) is 10.1. The van der Waals surface area contributed by atoms with Crippen LogP contribution in [-0.4, -0.2) is 24.7 Å². The van der Waals surface area contributed by atoms with Crippen molar-refractivity contribution in [3.8, 4) is 5.69 Å². The average Bonchev–Trinajstić information content (AvgIpc) is 3.04. The normalized spacial score (nSPS) is 11.6.